The van der Waals surface area contributed by atoms with Crippen molar-refractivity contribution >= 4 is 31.2 Å². The summed E-state index contributed by atoms with van der Waals surface area (Å²) in [6.45, 7) is 4.77. The summed E-state index contributed by atoms with van der Waals surface area (Å²) < 4.78 is 51.1. The molecule has 0 saturated heterocycles. The molecule has 0 amide bonds. The maximum atomic E-state index is 13.1. The van der Waals surface area contributed by atoms with Crippen molar-refractivity contribution in [2.24, 2.45) is 5.92 Å². The van der Waals surface area contributed by atoms with Crippen LogP contribution in [-0.4, -0.2) is 33.9 Å². The molecule has 5 nitrogen and oxygen atoms in total. The van der Waals surface area contributed by atoms with Crippen LogP contribution >= 0.6 is 11.3 Å². The molecular weight excluding hydrogens is 450 g/mol. The number of benzene rings is 2. The lowest BCUT2D eigenvalue weighted by Gasteiger charge is -2.23. The number of thiophene rings is 1. The molecular formula is C23H27NO4S3. The van der Waals surface area contributed by atoms with Gasteiger partial charge in [0, 0.05) is 24.2 Å². The van der Waals surface area contributed by atoms with Gasteiger partial charge in [-0.15, -0.1) is 11.3 Å². The van der Waals surface area contributed by atoms with E-state index in [9.17, 15) is 16.8 Å². The summed E-state index contributed by atoms with van der Waals surface area (Å²) in [4.78, 5) is 1.25. The van der Waals surface area contributed by atoms with Crippen LogP contribution in [-0.2, 0) is 32.2 Å². The van der Waals surface area contributed by atoms with Crippen molar-refractivity contribution in [3.63, 3.8) is 0 Å². The zero-order valence-electron chi connectivity index (χ0n) is 17.9. The first-order valence-electron chi connectivity index (χ1n) is 9.94. The Balaban J connectivity index is 1.80. The van der Waals surface area contributed by atoms with Gasteiger partial charge in [-0.25, -0.2) is 16.8 Å². The first kappa shape index (κ1) is 23.7. The van der Waals surface area contributed by atoms with Gasteiger partial charge in [-0.3, -0.25) is 0 Å². The predicted molar refractivity (Wildman–Crippen MR) is 127 cm³/mol. The molecule has 1 aromatic heterocycles. The molecule has 1 heterocycles. The third-order valence-electron chi connectivity index (χ3n) is 4.73. The molecule has 0 aliphatic heterocycles. The van der Waals surface area contributed by atoms with Crippen LogP contribution in [0.3, 0.4) is 0 Å². The quantitative estimate of drug-likeness (QED) is 0.444. The van der Waals surface area contributed by atoms with E-state index in [4.69, 9.17) is 0 Å². The van der Waals surface area contributed by atoms with E-state index < -0.39 is 19.9 Å². The van der Waals surface area contributed by atoms with Gasteiger partial charge in [-0.2, -0.15) is 4.31 Å². The Morgan fingerprint density at radius 3 is 2.13 bits per heavy atom. The molecule has 0 unspecified atom stereocenters. The maximum Gasteiger partial charge on any atom is 0.218 e. The Kier molecular flexibility index (Phi) is 7.36. The number of sulfone groups is 1. The molecule has 0 aliphatic carbocycles. The highest BCUT2D eigenvalue weighted by Gasteiger charge is 2.24. The zero-order valence-corrected chi connectivity index (χ0v) is 20.3. The standard InChI is InChI=1S/C23H27NO4S3/c1-18(2)14-24(31(27,28)17-19-7-5-4-6-8-19)15-20-13-23(29-16-20)21-9-11-22(12-10-21)30(3,25)26/h4-13,16,18H,14-15,17H2,1-3H3. The summed E-state index contributed by atoms with van der Waals surface area (Å²) in [6.07, 6.45) is 1.18. The van der Waals surface area contributed by atoms with Gasteiger partial charge in [0.25, 0.3) is 0 Å². The van der Waals surface area contributed by atoms with Crippen LogP contribution in [0.2, 0.25) is 0 Å². The second-order valence-corrected chi connectivity index (χ2v) is 12.9. The van der Waals surface area contributed by atoms with E-state index in [-0.39, 0.29) is 16.6 Å². The van der Waals surface area contributed by atoms with Crippen molar-refractivity contribution in [2.45, 2.75) is 31.0 Å². The normalized spacial score (nSPS) is 12.5. The largest absolute Gasteiger partial charge is 0.224 e. The molecule has 0 N–H and O–H groups in total. The minimum atomic E-state index is -3.47. The van der Waals surface area contributed by atoms with Gasteiger partial charge >= 0.3 is 0 Å². The molecule has 0 radical (unpaired) electrons. The first-order chi connectivity index (χ1) is 14.5. The second kappa shape index (κ2) is 9.65. The lowest BCUT2D eigenvalue weighted by atomic mass is 10.1. The van der Waals surface area contributed by atoms with Crippen LogP contribution in [0.25, 0.3) is 10.4 Å². The van der Waals surface area contributed by atoms with Crippen molar-refractivity contribution in [1.29, 1.82) is 0 Å². The molecule has 2 aromatic carbocycles. The topological polar surface area (TPSA) is 71.5 Å². The Hall–Kier alpha value is -2.00. The Bertz CT molecular complexity index is 1210. The molecule has 0 atom stereocenters. The van der Waals surface area contributed by atoms with Crippen LogP contribution in [0.4, 0.5) is 0 Å². The highest BCUT2D eigenvalue weighted by molar-refractivity contribution is 7.90. The molecule has 31 heavy (non-hydrogen) atoms. The Morgan fingerprint density at radius 2 is 1.55 bits per heavy atom. The summed E-state index contributed by atoms with van der Waals surface area (Å²) in [5, 5.41) is 1.96. The van der Waals surface area contributed by atoms with Gasteiger partial charge < -0.3 is 0 Å². The summed E-state index contributed by atoms with van der Waals surface area (Å²) in [7, 11) is -6.71. The molecule has 0 bridgehead atoms. The van der Waals surface area contributed by atoms with E-state index in [2.05, 4.69) is 0 Å². The summed E-state index contributed by atoms with van der Waals surface area (Å²) in [5.74, 6) is 0.178. The zero-order chi connectivity index (χ0) is 22.6. The van der Waals surface area contributed by atoms with E-state index in [0.717, 1.165) is 21.6 Å². The van der Waals surface area contributed by atoms with Gasteiger partial charge in [0.1, 0.15) is 0 Å². The van der Waals surface area contributed by atoms with E-state index in [1.807, 2.05) is 55.6 Å². The summed E-state index contributed by atoms with van der Waals surface area (Å²) in [6, 6.07) is 18.0. The fourth-order valence-corrected chi connectivity index (χ4v) is 6.45. The van der Waals surface area contributed by atoms with Gasteiger partial charge in [0.15, 0.2) is 9.84 Å². The molecule has 0 spiro atoms. The average Bonchev–Trinajstić information content (AvgIpc) is 3.16. The SMILES string of the molecule is CC(C)CN(Cc1csc(-c2ccc(S(C)(=O)=O)cc2)c1)S(=O)(=O)Cc1ccccc1. The third kappa shape index (κ3) is 6.49. The van der Waals surface area contributed by atoms with E-state index in [1.165, 1.54) is 17.6 Å². The maximum absolute atomic E-state index is 13.1. The molecule has 3 aromatic rings. The number of sulfonamides is 1. The average molecular weight is 478 g/mol. The summed E-state index contributed by atoms with van der Waals surface area (Å²) in [5.41, 5.74) is 2.60. The number of hydrogen-bond donors (Lipinski definition) is 0. The third-order valence-corrected chi connectivity index (χ3v) is 8.65. The van der Waals surface area contributed by atoms with Crippen LogP contribution in [0.15, 0.2) is 70.9 Å². The van der Waals surface area contributed by atoms with Crippen LogP contribution in [0.1, 0.15) is 25.0 Å². The van der Waals surface area contributed by atoms with Crippen molar-refractivity contribution in [1.82, 2.24) is 4.31 Å². The Morgan fingerprint density at radius 1 is 0.903 bits per heavy atom. The number of nitrogens with zero attached hydrogens (tertiary/aromatic N) is 1. The minimum Gasteiger partial charge on any atom is -0.224 e. The van der Waals surface area contributed by atoms with E-state index >= 15 is 0 Å². The van der Waals surface area contributed by atoms with Crippen LogP contribution in [0, 0.1) is 5.92 Å². The first-order valence-corrected chi connectivity index (χ1v) is 14.3. The molecule has 3 rings (SSSR count). The number of hydrogen-bond acceptors (Lipinski definition) is 5. The van der Waals surface area contributed by atoms with Crippen molar-refractivity contribution in [3.8, 4) is 10.4 Å². The van der Waals surface area contributed by atoms with Gasteiger partial charge in [0.2, 0.25) is 10.0 Å². The van der Waals surface area contributed by atoms with Crippen molar-refractivity contribution in [3.05, 3.63) is 77.2 Å². The molecule has 0 fully saturated rings. The van der Waals surface area contributed by atoms with Gasteiger partial charge in [-0.05, 0) is 46.2 Å². The fraction of sp³-hybridized carbons (Fsp3) is 0.304. The second-order valence-electron chi connectivity index (χ2n) is 8.04. The van der Waals surface area contributed by atoms with Crippen LogP contribution in [0.5, 0.6) is 0 Å². The van der Waals surface area contributed by atoms with Crippen molar-refractivity contribution < 1.29 is 16.8 Å². The molecule has 0 aliphatic rings. The van der Waals surface area contributed by atoms with Crippen LogP contribution < -0.4 is 0 Å². The van der Waals surface area contributed by atoms with E-state index in [1.54, 1.807) is 28.6 Å². The minimum absolute atomic E-state index is 0.0233. The lowest BCUT2D eigenvalue weighted by Crippen LogP contribution is -2.34. The smallest absolute Gasteiger partial charge is 0.218 e. The summed E-state index contributed by atoms with van der Waals surface area (Å²) >= 11 is 1.52. The van der Waals surface area contributed by atoms with E-state index in [0.29, 0.717) is 13.1 Å². The van der Waals surface area contributed by atoms with Gasteiger partial charge in [-0.1, -0.05) is 56.3 Å². The highest BCUT2D eigenvalue weighted by Crippen LogP contribution is 2.29. The Labute approximate surface area is 189 Å². The molecule has 0 saturated carbocycles. The van der Waals surface area contributed by atoms with Crippen molar-refractivity contribution in [2.75, 3.05) is 12.8 Å². The lowest BCUT2D eigenvalue weighted by molar-refractivity contribution is 0.362. The molecule has 166 valence electrons. The monoisotopic (exact) mass is 477 g/mol. The van der Waals surface area contributed by atoms with Gasteiger partial charge in [0.05, 0.1) is 10.6 Å². The fourth-order valence-electron chi connectivity index (χ4n) is 3.24. The molecule has 8 heteroatoms. The number of rotatable bonds is 9. The highest BCUT2D eigenvalue weighted by atomic mass is 32.2. The predicted octanol–water partition coefficient (Wildman–Crippen LogP) is 4.81.